The Bertz CT molecular complexity index is 452. The van der Waals surface area contributed by atoms with Crippen molar-refractivity contribution >= 4 is 43.5 Å². The van der Waals surface area contributed by atoms with Gasteiger partial charge in [0.25, 0.3) is 5.69 Å². The monoisotopic (exact) mass is 379 g/mol. The number of rotatable bonds is 5. The SMILES string of the molecule is CCOC(=O)[C@@H](Br)[C@@H](Br)c1cccc([N+](=O)[O-])c1. The maximum Gasteiger partial charge on any atom is 0.321 e. The number of nitro groups is 1. The van der Waals surface area contributed by atoms with Gasteiger partial charge < -0.3 is 4.74 Å². The topological polar surface area (TPSA) is 69.4 Å². The van der Waals surface area contributed by atoms with Crippen LogP contribution in [0.2, 0.25) is 0 Å². The molecule has 0 spiro atoms. The van der Waals surface area contributed by atoms with Crippen molar-refractivity contribution in [2.75, 3.05) is 6.61 Å². The molecule has 0 aliphatic heterocycles. The van der Waals surface area contributed by atoms with E-state index in [4.69, 9.17) is 4.74 Å². The number of hydrogen-bond acceptors (Lipinski definition) is 4. The second kappa shape index (κ2) is 6.84. The van der Waals surface area contributed by atoms with Gasteiger partial charge >= 0.3 is 5.97 Å². The minimum absolute atomic E-state index is 0.0134. The molecular formula is C11H11Br2NO4. The number of halogens is 2. The molecule has 0 N–H and O–H groups in total. The van der Waals surface area contributed by atoms with Gasteiger partial charge in [0.1, 0.15) is 4.83 Å². The number of benzene rings is 1. The number of nitro benzene ring substituents is 1. The first-order valence-electron chi connectivity index (χ1n) is 5.16. The number of carbonyl (C=O) groups is 1. The summed E-state index contributed by atoms with van der Waals surface area (Å²) in [6.45, 7) is 2.00. The summed E-state index contributed by atoms with van der Waals surface area (Å²) in [7, 11) is 0. The summed E-state index contributed by atoms with van der Waals surface area (Å²) in [6.07, 6.45) is 0. The third-order valence-electron chi connectivity index (χ3n) is 2.17. The average molecular weight is 381 g/mol. The molecule has 0 unspecified atom stereocenters. The number of esters is 1. The molecule has 0 saturated carbocycles. The molecule has 7 heteroatoms. The zero-order chi connectivity index (χ0) is 13.7. The molecule has 0 saturated heterocycles. The number of carbonyl (C=O) groups excluding carboxylic acids is 1. The van der Waals surface area contributed by atoms with Crippen LogP contribution in [-0.4, -0.2) is 22.3 Å². The molecule has 0 radical (unpaired) electrons. The van der Waals surface area contributed by atoms with Gasteiger partial charge in [0.05, 0.1) is 16.4 Å². The fraction of sp³-hybridized carbons (Fsp3) is 0.364. The third-order valence-corrected chi connectivity index (χ3v) is 4.84. The van der Waals surface area contributed by atoms with Gasteiger partial charge in [-0.3, -0.25) is 14.9 Å². The van der Waals surface area contributed by atoms with E-state index in [0.717, 1.165) is 0 Å². The Labute approximate surface area is 121 Å². The third kappa shape index (κ3) is 3.78. The van der Waals surface area contributed by atoms with Crippen LogP contribution in [0.1, 0.15) is 17.3 Å². The van der Waals surface area contributed by atoms with Crippen molar-refractivity contribution in [2.45, 2.75) is 16.6 Å². The van der Waals surface area contributed by atoms with E-state index in [0.29, 0.717) is 5.56 Å². The largest absolute Gasteiger partial charge is 0.465 e. The van der Waals surface area contributed by atoms with Crippen LogP contribution >= 0.6 is 31.9 Å². The molecule has 0 aliphatic rings. The van der Waals surface area contributed by atoms with E-state index in [9.17, 15) is 14.9 Å². The zero-order valence-electron chi connectivity index (χ0n) is 9.51. The number of ether oxygens (including phenoxy) is 1. The molecule has 0 amide bonds. The summed E-state index contributed by atoms with van der Waals surface area (Å²) in [5.41, 5.74) is 0.625. The van der Waals surface area contributed by atoms with Crippen LogP contribution < -0.4 is 0 Å². The summed E-state index contributed by atoms with van der Waals surface area (Å²) in [6, 6.07) is 6.11. The van der Waals surface area contributed by atoms with E-state index in [1.165, 1.54) is 12.1 Å². The molecule has 2 atom stereocenters. The van der Waals surface area contributed by atoms with Crippen molar-refractivity contribution in [1.82, 2.24) is 0 Å². The van der Waals surface area contributed by atoms with Crippen molar-refractivity contribution in [3.8, 4) is 0 Å². The molecule has 1 rings (SSSR count). The lowest BCUT2D eigenvalue weighted by molar-refractivity contribution is -0.384. The quantitative estimate of drug-likeness (QED) is 0.340. The van der Waals surface area contributed by atoms with Crippen LogP contribution in [0.4, 0.5) is 5.69 Å². The van der Waals surface area contributed by atoms with Crippen LogP contribution in [0.3, 0.4) is 0 Å². The van der Waals surface area contributed by atoms with E-state index < -0.39 is 20.5 Å². The van der Waals surface area contributed by atoms with Crippen molar-refractivity contribution in [2.24, 2.45) is 0 Å². The Morgan fingerprint density at radius 3 is 2.72 bits per heavy atom. The van der Waals surface area contributed by atoms with Gasteiger partial charge in [0.15, 0.2) is 0 Å². The Balaban J connectivity index is 2.89. The first kappa shape index (κ1) is 15.1. The normalized spacial score (nSPS) is 13.7. The predicted molar refractivity (Wildman–Crippen MR) is 74.1 cm³/mol. The van der Waals surface area contributed by atoms with Crippen molar-refractivity contribution < 1.29 is 14.5 Å². The fourth-order valence-electron chi connectivity index (χ4n) is 1.32. The highest BCUT2D eigenvalue weighted by Crippen LogP contribution is 2.33. The number of hydrogen-bond donors (Lipinski definition) is 0. The van der Waals surface area contributed by atoms with Gasteiger partial charge in [-0.1, -0.05) is 44.0 Å². The summed E-state index contributed by atoms with van der Waals surface area (Å²) in [5, 5.41) is 10.7. The minimum atomic E-state index is -0.598. The van der Waals surface area contributed by atoms with E-state index in [1.54, 1.807) is 19.1 Å². The Hall–Kier alpha value is -0.950. The predicted octanol–water partition coefficient (Wildman–Crippen LogP) is 3.36. The Kier molecular flexibility index (Phi) is 5.74. The molecular weight excluding hydrogens is 370 g/mol. The summed E-state index contributed by atoms with van der Waals surface area (Å²) >= 11 is 6.55. The smallest absolute Gasteiger partial charge is 0.321 e. The second-order valence-corrected chi connectivity index (χ2v) is 5.38. The van der Waals surface area contributed by atoms with Crippen LogP contribution in [0.5, 0.6) is 0 Å². The highest BCUT2D eigenvalue weighted by atomic mass is 79.9. The van der Waals surface area contributed by atoms with Gasteiger partial charge in [0, 0.05) is 12.1 Å². The van der Waals surface area contributed by atoms with E-state index in [-0.39, 0.29) is 12.3 Å². The van der Waals surface area contributed by atoms with Crippen LogP contribution in [-0.2, 0) is 9.53 Å². The highest BCUT2D eigenvalue weighted by Gasteiger charge is 2.27. The lowest BCUT2D eigenvalue weighted by atomic mass is 10.1. The van der Waals surface area contributed by atoms with E-state index in [2.05, 4.69) is 31.9 Å². The van der Waals surface area contributed by atoms with Gasteiger partial charge in [-0.25, -0.2) is 0 Å². The Morgan fingerprint density at radius 2 is 2.17 bits per heavy atom. The summed E-state index contributed by atoms with van der Waals surface area (Å²) in [5.74, 6) is -0.411. The lowest BCUT2D eigenvalue weighted by Gasteiger charge is -2.15. The second-order valence-electron chi connectivity index (χ2n) is 3.41. The molecule has 0 fully saturated rings. The molecule has 0 heterocycles. The van der Waals surface area contributed by atoms with Gasteiger partial charge in [-0.05, 0) is 12.5 Å². The van der Waals surface area contributed by atoms with E-state index in [1.807, 2.05) is 0 Å². The van der Waals surface area contributed by atoms with Crippen LogP contribution in [0, 0.1) is 10.1 Å². The maximum atomic E-state index is 11.5. The molecule has 5 nitrogen and oxygen atoms in total. The maximum absolute atomic E-state index is 11.5. The number of non-ortho nitro benzene ring substituents is 1. The van der Waals surface area contributed by atoms with Gasteiger partial charge in [-0.2, -0.15) is 0 Å². The van der Waals surface area contributed by atoms with E-state index >= 15 is 0 Å². The van der Waals surface area contributed by atoms with Crippen LogP contribution in [0.25, 0.3) is 0 Å². The average Bonchev–Trinajstić information content (AvgIpc) is 2.37. The zero-order valence-corrected chi connectivity index (χ0v) is 12.7. The lowest BCUT2D eigenvalue weighted by Crippen LogP contribution is -2.21. The number of nitrogens with zero attached hydrogens (tertiary/aromatic N) is 1. The molecule has 1 aromatic carbocycles. The first-order valence-corrected chi connectivity index (χ1v) is 6.99. The van der Waals surface area contributed by atoms with Gasteiger partial charge in [-0.15, -0.1) is 0 Å². The van der Waals surface area contributed by atoms with Gasteiger partial charge in [0.2, 0.25) is 0 Å². The Morgan fingerprint density at radius 1 is 1.50 bits per heavy atom. The molecule has 0 aliphatic carbocycles. The van der Waals surface area contributed by atoms with Crippen molar-refractivity contribution in [3.05, 3.63) is 39.9 Å². The summed E-state index contributed by atoms with van der Waals surface area (Å²) < 4.78 is 4.87. The molecule has 0 aromatic heterocycles. The minimum Gasteiger partial charge on any atom is -0.465 e. The first-order chi connectivity index (χ1) is 8.47. The summed E-state index contributed by atoms with van der Waals surface area (Å²) in [4.78, 5) is 20.7. The number of alkyl halides is 2. The highest BCUT2D eigenvalue weighted by molar-refractivity contribution is 9.12. The standard InChI is InChI=1S/C11H11Br2NO4/c1-2-18-11(15)10(13)9(12)7-4-3-5-8(6-7)14(16)17/h3-6,9-10H,2H2,1H3/t9-,10-/m0/s1. The van der Waals surface area contributed by atoms with Crippen LogP contribution in [0.15, 0.2) is 24.3 Å². The molecule has 98 valence electrons. The molecule has 18 heavy (non-hydrogen) atoms. The molecule has 1 aromatic rings. The van der Waals surface area contributed by atoms with Crippen molar-refractivity contribution in [1.29, 1.82) is 0 Å². The van der Waals surface area contributed by atoms with Crippen molar-refractivity contribution in [3.63, 3.8) is 0 Å². The molecule has 0 bridgehead atoms. The fourth-order valence-corrected chi connectivity index (χ4v) is 2.26.